The van der Waals surface area contributed by atoms with Gasteiger partial charge in [-0.15, -0.1) is 20.4 Å². The third kappa shape index (κ3) is 4.27. The van der Waals surface area contributed by atoms with Gasteiger partial charge >= 0.3 is 0 Å². The van der Waals surface area contributed by atoms with Crippen LogP contribution in [0, 0.1) is 0 Å². The van der Waals surface area contributed by atoms with Gasteiger partial charge in [0.2, 0.25) is 5.82 Å². The minimum atomic E-state index is -0.219. The number of nitrogens with zero attached hydrogens (tertiary/aromatic N) is 4. The summed E-state index contributed by atoms with van der Waals surface area (Å²) in [7, 11) is 0. The van der Waals surface area contributed by atoms with E-state index in [0.717, 1.165) is 38.6 Å². The van der Waals surface area contributed by atoms with Crippen molar-refractivity contribution in [2.24, 2.45) is 0 Å². The maximum atomic E-state index is 6.48. The largest absolute Gasteiger partial charge is 0.455 e. The van der Waals surface area contributed by atoms with Crippen LogP contribution in [-0.4, -0.2) is 20.4 Å². The zero-order valence-electron chi connectivity index (χ0n) is 22.5. The molecule has 5 heteroatoms. The highest BCUT2D eigenvalue weighted by molar-refractivity contribution is 6.11. The fourth-order valence-corrected chi connectivity index (χ4v) is 4.45. The van der Waals surface area contributed by atoms with E-state index >= 15 is 0 Å². The molecule has 0 N–H and O–H groups in total. The summed E-state index contributed by atoms with van der Waals surface area (Å²) in [5.41, 5.74) is 6.97. The van der Waals surface area contributed by atoms with Gasteiger partial charge in [0.15, 0.2) is 5.82 Å². The maximum absolute atomic E-state index is 6.48. The Balaban J connectivity index is 1.83. The van der Waals surface area contributed by atoms with E-state index in [4.69, 9.17) is 4.42 Å². The molecule has 0 aliphatic rings. The Hall–Kier alpha value is -3.60. The van der Waals surface area contributed by atoms with Gasteiger partial charge in [-0.2, -0.15) is 0 Å². The lowest BCUT2D eigenvalue weighted by molar-refractivity contribution is 0.519. The molecule has 0 radical (unpaired) electrons. The molecule has 5 aromatic rings. The van der Waals surface area contributed by atoms with Crippen molar-refractivity contribution in [2.45, 2.75) is 72.1 Å². The molecule has 5 nitrogen and oxygen atoms in total. The number of benzene rings is 3. The number of para-hydroxylation sites is 1. The first kappa shape index (κ1) is 24.1. The first-order valence-corrected chi connectivity index (χ1v) is 12.6. The summed E-state index contributed by atoms with van der Waals surface area (Å²) >= 11 is 0. The number of fused-ring (bicyclic) bond motifs is 3. The summed E-state index contributed by atoms with van der Waals surface area (Å²) < 4.78 is 6.48. The van der Waals surface area contributed by atoms with Crippen molar-refractivity contribution in [3.63, 3.8) is 0 Å². The van der Waals surface area contributed by atoms with E-state index in [0.29, 0.717) is 17.6 Å². The van der Waals surface area contributed by atoms with Crippen LogP contribution < -0.4 is 0 Å². The van der Waals surface area contributed by atoms with Gasteiger partial charge in [0.1, 0.15) is 11.2 Å². The molecular formula is C31H34N4O. The molecule has 0 fully saturated rings. The molecule has 0 bridgehead atoms. The van der Waals surface area contributed by atoms with Crippen LogP contribution in [0.5, 0.6) is 0 Å². The fourth-order valence-electron chi connectivity index (χ4n) is 4.45. The van der Waals surface area contributed by atoms with Gasteiger partial charge < -0.3 is 4.42 Å². The molecule has 3 aromatic carbocycles. The van der Waals surface area contributed by atoms with Crippen molar-refractivity contribution in [3.8, 4) is 22.5 Å². The number of furan rings is 1. The molecular weight excluding hydrogens is 444 g/mol. The molecule has 5 rings (SSSR count). The quantitative estimate of drug-likeness (QED) is 0.261. The SMILES string of the molecule is CC(C)c1cc(-c2cc(C(C)(C)C)ccc2-c2nnc(C(C)(C)C)nn2)c2oc3ccccc3c2c1. The topological polar surface area (TPSA) is 64.7 Å². The molecule has 0 saturated heterocycles. The van der Waals surface area contributed by atoms with Crippen LogP contribution in [0.15, 0.2) is 59.0 Å². The number of rotatable bonds is 3. The summed E-state index contributed by atoms with van der Waals surface area (Å²) in [5, 5.41) is 20.1. The van der Waals surface area contributed by atoms with Gasteiger partial charge in [0.25, 0.3) is 0 Å². The molecule has 0 unspecified atom stereocenters. The number of aromatic nitrogens is 4. The van der Waals surface area contributed by atoms with Gasteiger partial charge in [0, 0.05) is 27.3 Å². The van der Waals surface area contributed by atoms with Crippen molar-refractivity contribution < 1.29 is 4.42 Å². The second-order valence-electron chi connectivity index (χ2n) is 12.0. The smallest absolute Gasteiger partial charge is 0.204 e. The second kappa shape index (κ2) is 8.51. The number of hydrogen-bond acceptors (Lipinski definition) is 5. The fraction of sp³-hybridized carbons (Fsp3) is 0.355. The highest BCUT2D eigenvalue weighted by atomic mass is 16.3. The normalized spacial score (nSPS) is 12.7. The average Bonchev–Trinajstić information content (AvgIpc) is 3.21. The molecule has 0 spiro atoms. The first-order valence-electron chi connectivity index (χ1n) is 12.6. The van der Waals surface area contributed by atoms with Crippen LogP contribution in [-0.2, 0) is 10.8 Å². The lowest BCUT2D eigenvalue weighted by atomic mass is 9.83. The van der Waals surface area contributed by atoms with Crippen LogP contribution in [0.25, 0.3) is 44.5 Å². The van der Waals surface area contributed by atoms with Gasteiger partial charge in [-0.1, -0.05) is 85.7 Å². The Morgan fingerprint density at radius 2 is 1.36 bits per heavy atom. The Morgan fingerprint density at radius 1 is 0.667 bits per heavy atom. The van der Waals surface area contributed by atoms with Crippen molar-refractivity contribution in [2.75, 3.05) is 0 Å². The molecule has 0 aliphatic heterocycles. The molecule has 36 heavy (non-hydrogen) atoms. The van der Waals surface area contributed by atoms with Crippen LogP contribution in [0.3, 0.4) is 0 Å². The van der Waals surface area contributed by atoms with E-state index in [-0.39, 0.29) is 10.8 Å². The van der Waals surface area contributed by atoms with Crippen LogP contribution >= 0.6 is 0 Å². The van der Waals surface area contributed by atoms with Gasteiger partial charge in [-0.3, -0.25) is 0 Å². The Morgan fingerprint density at radius 3 is 2.00 bits per heavy atom. The molecule has 0 amide bonds. The van der Waals surface area contributed by atoms with Crippen molar-refractivity contribution in [1.82, 2.24) is 20.4 Å². The number of hydrogen-bond donors (Lipinski definition) is 0. The molecule has 2 aromatic heterocycles. The van der Waals surface area contributed by atoms with Gasteiger partial charge in [0.05, 0.1) is 0 Å². The van der Waals surface area contributed by atoms with Crippen LogP contribution in [0.2, 0.25) is 0 Å². The zero-order valence-corrected chi connectivity index (χ0v) is 22.5. The van der Waals surface area contributed by atoms with Gasteiger partial charge in [-0.05, 0) is 52.3 Å². The average molecular weight is 479 g/mol. The van der Waals surface area contributed by atoms with E-state index in [1.54, 1.807) is 0 Å². The molecule has 0 saturated carbocycles. The van der Waals surface area contributed by atoms with Crippen LogP contribution in [0.1, 0.15) is 78.3 Å². The third-order valence-corrected chi connectivity index (χ3v) is 6.73. The lowest BCUT2D eigenvalue weighted by Crippen LogP contribution is -2.18. The summed E-state index contributed by atoms with van der Waals surface area (Å²) in [6.07, 6.45) is 0. The maximum Gasteiger partial charge on any atom is 0.204 e. The highest BCUT2D eigenvalue weighted by Crippen LogP contribution is 2.42. The summed E-state index contributed by atoms with van der Waals surface area (Å²) in [6.45, 7) is 17.3. The third-order valence-electron chi connectivity index (χ3n) is 6.73. The van der Waals surface area contributed by atoms with E-state index in [1.807, 2.05) is 12.1 Å². The van der Waals surface area contributed by atoms with Crippen molar-refractivity contribution >= 4 is 21.9 Å². The molecule has 0 aliphatic carbocycles. The van der Waals surface area contributed by atoms with Crippen LogP contribution in [0.4, 0.5) is 0 Å². The summed E-state index contributed by atoms with van der Waals surface area (Å²) in [4.78, 5) is 0. The standard InChI is InChI=1S/C31H34N4O/c1-18(2)19-15-24-21-11-9-10-12-26(21)36-27(24)25(16-19)23-17-20(30(3,4)5)13-14-22(23)28-32-34-29(35-33-28)31(6,7)8/h9-18H,1-8H3. The van der Waals surface area contributed by atoms with Crippen molar-refractivity contribution in [1.29, 1.82) is 0 Å². The molecule has 2 heterocycles. The highest BCUT2D eigenvalue weighted by Gasteiger charge is 2.24. The summed E-state index contributed by atoms with van der Waals surface area (Å²) in [5.74, 6) is 1.50. The molecule has 184 valence electrons. The Kier molecular flexibility index (Phi) is 5.70. The zero-order chi connectivity index (χ0) is 25.8. The monoisotopic (exact) mass is 478 g/mol. The predicted molar refractivity (Wildman–Crippen MR) is 147 cm³/mol. The van der Waals surface area contributed by atoms with E-state index in [2.05, 4.69) is 118 Å². The van der Waals surface area contributed by atoms with E-state index < -0.39 is 0 Å². The Bertz CT molecular complexity index is 1570. The van der Waals surface area contributed by atoms with E-state index in [9.17, 15) is 0 Å². The second-order valence-corrected chi connectivity index (χ2v) is 12.0. The minimum absolute atomic E-state index is 0.0244. The Labute approximate surface area is 213 Å². The lowest BCUT2D eigenvalue weighted by Gasteiger charge is -2.22. The minimum Gasteiger partial charge on any atom is -0.455 e. The van der Waals surface area contributed by atoms with Gasteiger partial charge in [-0.25, -0.2) is 0 Å². The predicted octanol–water partition coefficient (Wildman–Crippen LogP) is 8.22. The summed E-state index contributed by atoms with van der Waals surface area (Å²) in [6, 6.07) is 19.3. The molecule has 0 atom stereocenters. The first-order chi connectivity index (χ1) is 16.9. The van der Waals surface area contributed by atoms with Crippen molar-refractivity contribution in [3.05, 3.63) is 71.5 Å². The van der Waals surface area contributed by atoms with E-state index in [1.165, 1.54) is 11.1 Å².